The van der Waals surface area contributed by atoms with Gasteiger partial charge in [0, 0.05) is 16.9 Å². The van der Waals surface area contributed by atoms with E-state index < -0.39 is 23.2 Å². The van der Waals surface area contributed by atoms with Crippen molar-refractivity contribution in [2.24, 2.45) is 11.8 Å². The lowest BCUT2D eigenvalue weighted by Gasteiger charge is -2.52. The largest absolute Gasteiger partial charge is 0.497 e. The molecular weight excluding hydrogens is 416 g/mol. The Morgan fingerprint density at radius 1 is 0.879 bits per heavy atom. The zero-order valence-corrected chi connectivity index (χ0v) is 18.2. The third-order valence-corrected chi connectivity index (χ3v) is 7.61. The van der Waals surface area contributed by atoms with E-state index in [4.69, 9.17) is 4.74 Å². The lowest BCUT2D eigenvalue weighted by Crippen LogP contribution is -2.52. The molecule has 3 aromatic rings. The molecule has 0 radical (unpaired) electrons. The number of imide groups is 1. The lowest BCUT2D eigenvalue weighted by atomic mass is 9.48. The smallest absolute Gasteiger partial charge is 0.270 e. The maximum Gasteiger partial charge on any atom is 0.270 e. The fourth-order valence-corrected chi connectivity index (χ4v) is 6.17. The molecule has 33 heavy (non-hydrogen) atoms. The van der Waals surface area contributed by atoms with E-state index in [0.29, 0.717) is 11.3 Å². The van der Waals surface area contributed by atoms with Gasteiger partial charge < -0.3 is 4.74 Å². The van der Waals surface area contributed by atoms with Crippen LogP contribution in [-0.4, -0.2) is 29.8 Å². The molecule has 1 saturated heterocycles. The molecular formula is C27H22N2O4. The summed E-state index contributed by atoms with van der Waals surface area (Å²) in [4.78, 5) is 40.2. The van der Waals surface area contributed by atoms with E-state index in [2.05, 4.69) is 36.6 Å². The first-order valence-corrected chi connectivity index (χ1v) is 11.0. The van der Waals surface area contributed by atoms with Gasteiger partial charge in [0.2, 0.25) is 0 Å². The number of ether oxygens (including phenoxy) is 1. The Morgan fingerprint density at radius 2 is 1.45 bits per heavy atom. The molecule has 6 heteroatoms. The Hall–Kier alpha value is -3.93. The highest BCUT2D eigenvalue weighted by atomic mass is 16.5. The highest BCUT2D eigenvalue weighted by Crippen LogP contribution is 2.63. The summed E-state index contributed by atoms with van der Waals surface area (Å²) >= 11 is 0. The minimum Gasteiger partial charge on any atom is -0.497 e. The van der Waals surface area contributed by atoms with Gasteiger partial charge >= 0.3 is 0 Å². The first kappa shape index (κ1) is 19.7. The van der Waals surface area contributed by atoms with E-state index >= 15 is 0 Å². The number of hydrogen-bond acceptors (Lipinski definition) is 4. The van der Waals surface area contributed by atoms with Gasteiger partial charge in [0.15, 0.2) is 0 Å². The first-order valence-electron chi connectivity index (χ1n) is 11.0. The third-order valence-electron chi connectivity index (χ3n) is 7.61. The molecule has 0 spiro atoms. The number of hydrogen-bond donors (Lipinski definition) is 1. The fourth-order valence-electron chi connectivity index (χ4n) is 6.17. The standard InChI is InChI=1S/C27H22N2O4/c1-27-19-9-5-3-7-17(19)21(18-8-4-6-10-20(18)27)22-23(27)26(32)29(25(22)31)28-24(30)15-11-13-16(33-2)14-12-15/h3-14,21-23H,1-2H3,(H,28,30). The summed E-state index contributed by atoms with van der Waals surface area (Å²) in [5.41, 5.74) is 6.61. The Labute approximate surface area is 191 Å². The van der Waals surface area contributed by atoms with Crippen LogP contribution >= 0.6 is 0 Å². The topological polar surface area (TPSA) is 75.7 Å². The monoisotopic (exact) mass is 438 g/mol. The number of hydrazine groups is 1. The van der Waals surface area contributed by atoms with E-state index in [1.54, 1.807) is 31.4 Å². The molecule has 1 N–H and O–H groups in total. The second-order valence-electron chi connectivity index (χ2n) is 9.04. The average molecular weight is 438 g/mol. The second kappa shape index (κ2) is 6.78. The predicted molar refractivity (Wildman–Crippen MR) is 120 cm³/mol. The summed E-state index contributed by atoms with van der Waals surface area (Å²) in [6.07, 6.45) is 0. The summed E-state index contributed by atoms with van der Waals surface area (Å²) in [5.74, 6) is -1.95. The predicted octanol–water partition coefficient (Wildman–Crippen LogP) is 3.41. The van der Waals surface area contributed by atoms with Crippen molar-refractivity contribution in [2.75, 3.05) is 7.11 Å². The highest BCUT2D eigenvalue weighted by Gasteiger charge is 2.66. The minimum absolute atomic E-state index is 0.219. The van der Waals surface area contributed by atoms with E-state index in [9.17, 15) is 14.4 Å². The van der Waals surface area contributed by atoms with Gasteiger partial charge in [-0.3, -0.25) is 19.8 Å². The van der Waals surface area contributed by atoms with Crippen LogP contribution in [0.2, 0.25) is 0 Å². The molecule has 3 aliphatic carbocycles. The van der Waals surface area contributed by atoms with Crippen molar-refractivity contribution in [1.82, 2.24) is 10.4 Å². The normalized spacial score (nSPS) is 26.5. The zero-order valence-electron chi connectivity index (χ0n) is 18.2. The zero-order chi connectivity index (χ0) is 22.9. The quantitative estimate of drug-likeness (QED) is 0.636. The number of amides is 3. The molecule has 4 aliphatic rings. The van der Waals surface area contributed by atoms with Crippen LogP contribution in [0.25, 0.3) is 0 Å². The van der Waals surface area contributed by atoms with Gasteiger partial charge in [0.05, 0.1) is 18.9 Å². The van der Waals surface area contributed by atoms with Crippen molar-refractivity contribution in [2.45, 2.75) is 18.3 Å². The van der Waals surface area contributed by atoms with Crippen molar-refractivity contribution in [3.63, 3.8) is 0 Å². The molecule has 1 fully saturated rings. The molecule has 0 aromatic heterocycles. The number of benzene rings is 3. The minimum atomic E-state index is -0.654. The van der Waals surface area contributed by atoms with Crippen molar-refractivity contribution in [3.05, 3.63) is 101 Å². The van der Waals surface area contributed by atoms with Crippen molar-refractivity contribution in [1.29, 1.82) is 0 Å². The van der Waals surface area contributed by atoms with Gasteiger partial charge in [-0.05, 0) is 46.5 Å². The van der Waals surface area contributed by atoms with Crippen molar-refractivity contribution < 1.29 is 19.1 Å². The van der Waals surface area contributed by atoms with Gasteiger partial charge in [-0.25, -0.2) is 0 Å². The molecule has 1 aliphatic heterocycles. The molecule has 1 heterocycles. The molecule has 0 saturated carbocycles. The van der Waals surface area contributed by atoms with E-state index in [0.717, 1.165) is 27.3 Å². The number of carbonyl (C=O) groups is 3. The van der Waals surface area contributed by atoms with Gasteiger partial charge in [0.1, 0.15) is 5.75 Å². The highest BCUT2D eigenvalue weighted by molar-refractivity contribution is 6.10. The van der Waals surface area contributed by atoms with Crippen LogP contribution in [0, 0.1) is 11.8 Å². The Bertz CT molecular complexity index is 1280. The number of carbonyl (C=O) groups excluding carboxylic acids is 3. The van der Waals surface area contributed by atoms with E-state index in [-0.39, 0.29) is 17.7 Å². The van der Waals surface area contributed by atoms with E-state index in [1.807, 2.05) is 24.3 Å². The molecule has 2 atom stereocenters. The first-order chi connectivity index (χ1) is 16.0. The number of methoxy groups -OCH3 is 1. The van der Waals surface area contributed by atoms with Gasteiger partial charge in [0.25, 0.3) is 17.7 Å². The van der Waals surface area contributed by atoms with Gasteiger partial charge in [-0.1, -0.05) is 55.5 Å². The van der Waals surface area contributed by atoms with Crippen molar-refractivity contribution in [3.8, 4) is 5.75 Å². The second-order valence-corrected chi connectivity index (χ2v) is 9.04. The number of nitrogens with one attached hydrogen (secondary N) is 1. The van der Waals surface area contributed by atoms with E-state index in [1.165, 1.54) is 0 Å². The van der Waals surface area contributed by atoms with Crippen LogP contribution in [0.5, 0.6) is 5.75 Å². The summed E-state index contributed by atoms with van der Waals surface area (Å²) in [5, 5.41) is 0.949. The van der Waals surface area contributed by atoms with Crippen LogP contribution < -0.4 is 10.2 Å². The fraction of sp³-hybridized carbons (Fsp3) is 0.222. The summed E-state index contributed by atoms with van der Waals surface area (Å²) in [7, 11) is 1.54. The molecule has 6 nitrogen and oxygen atoms in total. The lowest BCUT2D eigenvalue weighted by molar-refractivity contribution is -0.143. The summed E-state index contributed by atoms with van der Waals surface area (Å²) in [6.45, 7) is 2.05. The van der Waals surface area contributed by atoms with Crippen LogP contribution in [0.4, 0.5) is 0 Å². The van der Waals surface area contributed by atoms with Crippen molar-refractivity contribution >= 4 is 17.7 Å². The number of rotatable bonds is 3. The molecule has 164 valence electrons. The SMILES string of the molecule is COc1ccc(C(=O)NN2C(=O)C3C4c5ccccc5C(C)(c5ccccc54)C3C2=O)cc1. The number of nitrogens with zero attached hydrogens (tertiary/aromatic N) is 1. The van der Waals surface area contributed by atoms with Gasteiger partial charge in [-0.2, -0.15) is 5.01 Å². The Balaban J connectivity index is 1.42. The van der Waals surface area contributed by atoms with Crippen LogP contribution in [-0.2, 0) is 15.0 Å². The Kier molecular flexibility index (Phi) is 4.06. The van der Waals surface area contributed by atoms with Crippen LogP contribution in [0.3, 0.4) is 0 Å². The summed E-state index contributed by atoms with van der Waals surface area (Å²) < 4.78 is 5.13. The summed E-state index contributed by atoms with van der Waals surface area (Å²) in [6, 6.07) is 22.7. The Morgan fingerprint density at radius 3 is 2.03 bits per heavy atom. The maximum atomic E-state index is 13.7. The van der Waals surface area contributed by atoms with Gasteiger partial charge in [-0.15, -0.1) is 0 Å². The molecule has 7 rings (SSSR count). The third kappa shape index (κ3) is 2.46. The molecule has 3 amide bonds. The maximum absolute atomic E-state index is 13.7. The average Bonchev–Trinajstić information content (AvgIpc) is 3.10. The molecule has 2 unspecified atom stereocenters. The van der Waals surface area contributed by atoms with Crippen LogP contribution in [0.15, 0.2) is 72.8 Å². The molecule has 2 bridgehead atoms. The van der Waals surface area contributed by atoms with Crippen LogP contribution in [0.1, 0.15) is 45.5 Å². The molecule has 3 aromatic carbocycles.